The molecule has 9 heteroatoms. The number of esters is 1. The van der Waals surface area contributed by atoms with Gasteiger partial charge in [-0.3, -0.25) is 9.36 Å². The summed E-state index contributed by atoms with van der Waals surface area (Å²) in [6.07, 6.45) is 1.71. The molecule has 0 bridgehead atoms. The summed E-state index contributed by atoms with van der Waals surface area (Å²) in [5.74, 6) is 0.831. The van der Waals surface area contributed by atoms with Crippen LogP contribution in [0, 0.1) is 0 Å². The number of carbonyl (C=O) groups is 1. The van der Waals surface area contributed by atoms with Crippen LogP contribution in [0.2, 0.25) is 0 Å². The maximum Gasteiger partial charge on any atom is 0.338 e. The van der Waals surface area contributed by atoms with Gasteiger partial charge >= 0.3 is 5.97 Å². The molecule has 0 saturated heterocycles. The van der Waals surface area contributed by atoms with Crippen molar-refractivity contribution in [3.05, 3.63) is 71.2 Å². The Morgan fingerprint density at radius 2 is 2.17 bits per heavy atom. The Bertz CT molecular complexity index is 1290. The van der Waals surface area contributed by atoms with Gasteiger partial charge in [-0.2, -0.15) is 0 Å². The lowest BCUT2D eigenvalue weighted by Gasteiger charge is -2.23. The zero-order chi connectivity index (χ0) is 21.4. The Morgan fingerprint density at radius 3 is 2.80 bits per heavy atom. The molecule has 4 rings (SSSR count). The minimum atomic E-state index is -0.559. The molecule has 0 saturated carbocycles. The van der Waals surface area contributed by atoms with E-state index in [0.717, 1.165) is 4.88 Å². The predicted molar refractivity (Wildman–Crippen MR) is 118 cm³/mol. The average Bonchev–Trinajstić information content (AvgIpc) is 3.43. The molecule has 0 fully saturated rings. The Labute approximate surface area is 180 Å². The van der Waals surface area contributed by atoms with Crippen LogP contribution in [0.3, 0.4) is 0 Å². The van der Waals surface area contributed by atoms with Gasteiger partial charge in [0.1, 0.15) is 11.8 Å². The minimum Gasteiger partial charge on any atom is -0.463 e. The van der Waals surface area contributed by atoms with Crippen molar-refractivity contribution in [2.75, 3.05) is 25.6 Å². The number of thiophene rings is 1. The summed E-state index contributed by atoms with van der Waals surface area (Å²) in [6.45, 7) is 3.79. The van der Waals surface area contributed by atoms with Crippen LogP contribution in [0.15, 0.2) is 55.1 Å². The summed E-state index contributed by atoms with van der Waals surface area (Å²) in [7, 11) is 3.77. The zero-order valence-electron chi connectivity index (χ0n) is 17.0. The largest absolute Gasteiger partial charge is 0.463 e. The van der Waals surface area contributed by atoms with E-state index in [4.69, 9.17) is 9.15 Å². The fourth-order valence-corrected chi connectivity index (χ4v) is 5.15. The molecule has 1 aliphatic rings. The number of rotatable bonds is 5. The number of hydrogen-bond donors (Lipinski definition) is 0. The summed E-state index contributed by atoms with van der Waals surface area (Å²) in [4.78, 5) is 33.9. The molecular weight excluding hydrogens is 422 g/mol. The number of nitrogens with zero attached hydrogens (tertiary/aromatic N) is 3. The summed E-state index contributed by atoms with van der Waals surface area (Å²) in [6, 6.07) is 6.93. The van der Waals surface area contributed by atoms with Gasteiger partial charge < -0.3 is 14.1 Å². The molecule has 0 radical (unpaired) electrons. The van der Waals surface area contributed by atoms with Crippen molar-refractivity contribution in [2.45, 2.75) is 19.9 Å². The van der Waals surface area contributed by atoms with Gasteiger partial charge in [0.2, 0.25) is 0 Å². The highest BCUT2D eigenvalue weighted by atomic mass is 32.1. The third-order valence-electron chi connectivity index (χ3n) is 4.66. The van der Waals surface area contributed by atoms with Gasteiger partial charge in [-0.05, 0) is 31.4 Å². The van der Waals surface area contributed by atoms with Gasteiger partial charge in [0.25, 0.3) is 5.56 Å². The predicted octanol–water partition coefficient (Wildman–Crippen LogP) is 2.52. The minimum absolute atomic E-state index is 0.214. The summed E-state index contributed by atoms with van der Waals surface area (Å²) in [5.41, 5.74) is 0.743. The fraction of sp³-hybridized carbons (Fsp3) is 0.286. The van der Waals surface area contributed by atoms with Gasteiger partial charge in [-0.15, -0.1) is 11.3 Å². The van der Waals surface area contributed by atoms with Crippen molar-refractivity contribution in [1.82, 2.24) is 4.57 Å². The maximum atomic E-state index is 13.4. The molecule has 156 valence electrons. The van der Waals surface area contributed by atoms with Crippen LogP contribution in [-0.2, 0) is 9.53 Å². The molecule has 0 spiro atoms. The van der Waals surface area contributed by atoms with E-state index in [1.54, 1.807) is 24.5 Å². The number of allylic oxidation sites excluding steroid dienone is 1. The second-order valence-electron chi connectivity index (χ2n) is 6.89. The molecule has 1 unspecified atom stereocenters. The second-order valence-corrected chi connectivity index (χ2v) is 8.88. The molecule has 30 heavy (non-hydrogen) atoms. The quantitative estimate of drug-likeness (QED) is 0.567. The zero-order valence-corrected chi connectivity index (χ0v) is 18.7. The van der Waals surface area contributed by atoms with Crippen LogP contribution < -0.4 is 19.8 Å². The van der Waals surface area contributed by atoms with Crippen molar-refractivity contribution in [3.63, 3.8) is 0 Å². The van der Waals surface area contributed by atoms with Crippen LogP contribution in [0.4, 0.5) is 5.88 Å². The highest BCUT2D eigenvalue weighted by Gasteiger charge is 2.33. The van der Waals surface area contributed by atoms with E-state index in [1.165, 1.54) is 22.7 Å². The van der Waals surface area contributed by atoms with Gasteiger partial charge in [0.15, 0.2) is 10.7 Å². The number of furan rings is 1. The number of carbonyl (C=O) groups excluding carboxylic acids is 1. The molecule has 7 nitrogen and oxygen atoms in total. The standard InChI is InChI=1S/C21H21N3O4S2/c1-5-27-20(26)17-12(2)22-21-24(18(17)14-7-6-10-29-14)19(25)15(30-21)11-13-8-9-16(28-13)23(3)4/h6-11,18H,5H2,1-4H3. The van der Waals surface area contributed by atoms with Crippen LogP contribution in [-0.4, -0.2) is 31.2 Å². The van der Waals surface area contributed by atoms with Crippen molar-refractivity contribution < 1.29 is 13.9 Å². The summed E-state index contributed by atoms with van der Waals surface area (Å²) in [5, 5.41) is 1.93. The number of fused-ring (bicyclic) bond motifs is 1. The number of anilines is 1. The molecule has 3 aromatic rings. The van der Waals surface area contributed by atoms with Crippen molar-refractivity contribution in [2.24, 2.45) is 4.99 Å². The molecule has 0 aromatic carbocycles. The van der Waals surface area contributed by atoms with Crippen molar-refractivity contribution in [1.29, 1.82) is 0 Å². The summed E-state index contributed by atoms with van der Waals surface area (Å²) < 4.78 is 13.1. The Hall–Kier alpha value is -2.91. The van der Waals surface area contributed by atoms with Crippen molar-refractivity contribution in [3.8, 4) is 0 Å². The van der Waals surface area contributed by atoms with E-state index in [9.17, 15) is 9.59 Å². The first-order valence-corrected chi connectivity index (χ1v) is 11.1. The van der Waals surface area contributed by atoms with E-state index in [0.29, 0.717) is 32.2 Å². The van der Waals surface area contributed by atoms with E-state index in [-0.39, 0.29) is 12.2 Å². The lowest BCUT2D eigenvalue weighted by atomic mass is 10.0. The van der Waals surface area contributed by atoms with Gasteiger partial charge in [-0.1, -0.05) is 17.4 Å². The van der Waals surface area contributed by atoms with E-state index >= 15 is 0 Å². The second kappa shape index (κ2) is 8.08. The average molecular weight is 444 g/mol. The lowest BCUT2D eigenvalue weighted by molar-refractivity contribution is -0.139. The Kier molecular flexibility index (Phi) is 5.48. The SMILES string of the molecule is CCOC(=O)C1=C(C)N=c2sc(=Cc3ccc(N(C)C)o3)c(=O)n2C1c1cccs1. The lowest BCUT2D eigenvalue weighted by Crippen LogP contribution is -2.39. The molecule has 0 amide bonds. The van der Waals surface area contributed by atoms with Crippen LogP contribution in [0.25, 0.3) is 6.08 Å². The first kappa shape index (κ1) is 20.4. The number of thiazole rings is 1. The molecule has 1 aliphatic heterocycles. The Morgan fingerprint density at radius 1 is 1.37 bits per heavy atom. The number of ether oxygens (including phenoxy) is 1. The molecule has 4 heterocycles. The molecular formula is C21H21N3O4S2. The monoisotopic (exact) mass is 443 g/mol. The highest BCUT2D eigenvalue weighted by Crippen LogP contribution is 2.33. The molecule has 0 N–H and O–H groups in total. The van der Waals surface area contributed by atoms with Gasteiger partial charge in [0, 0.05) is 31.1 Å². The van der Waals surface area contributed by atoms with Crippen LogP contribution in [0.5, 0.6) is 0 Å². The van der Waals surface area contributed by atoms with Gasteiger partial charge in [-0.25, -0.2) is 9.79 Å². The topological polar surface area (TPSA) is 77.0 Å². The third kappa shape index (κ3) is 3.54. The number of aromatic nitrogens is 1. The summed E-state index contributed by atoms with van der Waals surface area (Å²) >= 11 is 2.77. The van der Waals surface area contributed by atoms with Crippen molar-refractivity contribution >= 4 is 40.6 Å². The van der Waals surface area contributed by atoms with E-state index < -0.39 is 12.0 Å². The van der Waals surface area contributed by atoms with Crippen LogP contribution in [0.1, 0.15) is 30.5 Å². The first-order valence-electron chi connectivity index (χ1n) is 9.41. The highest BCUT2D eigenvalue weighted by molar-refractivity contribution is 7.10. The molecule has 3 aromatic heterocycles. The molecule has 1 atom stereocenters. The first-order chi connectivity index (χ1) is 14.4. The fourth-order valence-electron chi connectivity index (χ4n) is 3.30. The normalized spacial score (nSPS) is 16.4. The van der Waals surface area contributed by atoms with E-state index in [2.05, 4.69) is 4.99 Å². The number of hydrogen-bond acceptors (Lipinski definition) is 8. The van der Waals surface area contributed by atoms with Gasteiger partial charge in [0.05, 0.1) is 22.4 Å². The maximum absolute atomic E-state index is 13.4. The smallest absolute Gasteiger partial charge is 0.338 e. The Balaban J connectivity index is 1.90. The molecule has 0 aliphatic carbocycles. The van der Waals surface area contributed by atoms with Crippen LogP contribution >= 0.6 is 22.7 Å². The van der Waals surface area contributed by atoms with E-state index in [1.807, 2.05) is 48.6 Å². The third-order valence-corrected chi connectivity index (χ3v) is 6.56.